The zero-order valence-electron chi connectivity index (χ0n) is 51.3. The van der Waals surface area contributed by atoms with Gasteiger partial charge in [0.2, 0.25) is 0 Å². The van der Waals surface area contributed by atoms with Crippen LogP contribution in [0.1, 0.15) is 290 Å². The number of carbonyl (C=O) groups is 3. The zero-order chi connectivity index (χ0) is 57.1. The summed E-state index contributed by atoms with van der Waals surface area (Å²) in [6, 6.07) is 0. The van der Waals surface area contributed by atoms with E-state index in [0.717, 1.165) is 135 Å². The van der Waals surface area contributed by atoms with Crippen LogP contribution in [0.4, 0.5) is 0 Å². The third-order valence-electron chi connectivity index (χ3n) is 13.6. The summed E-state index contributed by atoms with van der Waals surface area (Å²) in [5.41, 5.74) is 0. The lowest BCUT2D eigenvalue weighted by molar-refractivity contribution is -0.167. The maximum absolute atomic E-state index is 12.9. The highest BCUT2D eigenvalue weighted by Crippen LogP contribution is 2.15. The fourth-order valence-corrected chi connectivity index (χ4v) is 8.73. The van der Waals surface area contributed by atoms with Gasteiger partial charge in [0.05, 0.1) is 0 Å². The summed E-state index contributed by atoms with van der Waals surface area (Å²) in [6.07, 6.45) is 93.2. The topological polar surface area (TPSA) is 78.9 Å². The Kier molecular flexibility index (Phi) is 62.3. The van der Waals surface area contributed by atoms with Crippen LogP contribution < -0.4 is 0 Å². The molecule has 0 rings (SSSR count). The summed E-state index contributed by atoms with van der Waals surface area (Å²) in [6.45, 7) is 6.42. The van der Waals surface area contributed by atoms with Crippen molar-refractivity contribution in [2.24, 2.45) is 0 Å². The zero-order valence-corrected chi connectivity index (χ0v) is 51.3. The Balaban J connectivity index is 4.44. The van der Waals surface area contributed by atoms with Crippen molar-refractivity contribution in [1.82, 2.24) is 0 Å². The van der Waals surface area contributed by atoms with Gasteiger partial charge in [-0.15, -0.1) is 0 Å². The van der Waals surface area contributed by atoms with Gasteiger partial charge in [-0.3, -0.25) is 14.4 Å². The van der Waals surface area contributed by atoms with E-state index in [9.17, 15) is 14.4 Å². The highest BCUT2D eigenvalue weighted by molar-refractivity contribution is 5.71. The Bertz CT molecular complexity index is 1680. The molecule has 0 amide bonds. The first kappa shape index (κ1) is 74.5. The van der Waals surface area contributed by atoms with Gasteiger partial charge in [-0.05, 0) is 135 Å². The number of rotatable bonds is 58. The van der Waals surface area contributed by atoms with Crippen molar-refractivity contribution in [2.45, 2.75) is 297 Å². The van der Waals surface area contributed by atoms with E-state index in [0.29, 0.717) is 25.7 Å². The maximum atomic E-state index is 12.9. The minimum atomic E-state index is -0.809. The molecule has 0 aromatic rings. The second-order valence-corrected chi connectivity index (χ2v) is 21.3. The molecular weight excluding hydrogens is 973 g/mol. The van der Waals surface area contributed by atoms with Gasteiger partial charge in [-0.1, -0.05) is 270 Å². The third-order valence-corrected chi connectivity index (χ3v) is 13.6. The van der Waals surface area contributed by atoms with Gasteiger partial charge >= 0.3 is 17.9 Å². The molecule has 0 aromatic carbocycles. The van der Waals surface area contributed by atoms with E-state index in [1.807, 2.05) is 0 Å². The number of hydrogen-bond acceptors (Lipinski definition) is 6. The van der Waals surface area contributed by atoms with E-state index < -0.39 is 6.10 Å². The normalized spacial score (nSPS) is 13.0. The van der Waals surface area contributed by atoms with Crippen LogP contribution in [0.15, 0.2) is 134 Å². The minimum absolute atomic E-state index is 0.103. The molecule has 0 fully saturated rings. The predicted octanol–water partition coefficient (Wildman–Crippen LogP) is 22.5. The van der Waals surface area contributed by atoms with E-state index in [1.165, 1.54) is 109 Å². The third kappa shape index (κ3) is 64.3. The summed E-state index contributed by atoms with van der Waals surface area (Å²) in [7, 11) is 0. The average Bonchev–Trinajstić information content (AvgIpc) is 3.45. The van der Waals surface area contributed by atoms with Gasteiger partial charge in [0, 0.05) is 19.3 Å². The average molecular weight is 1090 g/mol. The Morgan fingerprint density at radius 1 is 0.266 bits per heavy atom. The van der Waals surface area contributed by atoms with Crippen molar-refractivity contribution in [3.63, 3.8) is 0 Å². The molecular formula is C73H120O6. The van der Waals surface area contributed by atoms with Gasteiger partial charge in [-0.2, -0.15) is 0 Å². The molecule has 6 heteroatoms. The first-order valence-electron chi connectivity index (χ1n) is 32.7. The molecule has 0 aliphatic heterocycles. The molecule has 0 aliphatic rings. The molecule has 1 unspecified atom stereocenters. The number of esters is 3. The van der Waals surface area contributed by atoms with Gasteiger partial charge in [0.25, 0.3) is 0 Å². The summed E-state index contributed by atoms with van der Waals surface area (Å²) >= 11 is 0. The van der Waals surface area contributed by atoms with Crippen LogP contribution in [-0.2, 0) is 28.6 Å². The molecule has 0 bridgehead atoms. The van der Waals surface area contributed by atoms with Crippen molar-refractivity contribution < 1.29 is 28.6 Å². The first-order valence-corrected chi connectivity index (χ1v) is 32.7. The van der Waals surface area contributed by atoms with Crippen LogP contribution in [0, 0.1) is 0 Å². The SMILES string of the molecule is CC/C=C\C/C=C\C/C=C\C/C=C\C/C=C\C/C=C\C/C=C\C/C=C\CCCCC(=O)OCC(COC(=O)CCCCCCC/C=C\C/C=C\CCC)OC(=O)CCCCCCCCCCC/C=C\CCCCCCCCCC. The van der Waals surface area contributed by atoms with E-state index >= 15 is 0 Å². The summed E-state index contributed by atoms with van der Waals surface area (Å²) in [4.78, 5) is 38.3. The standard InChI is InChI=1S/C73H120O6/c1-4-7-10-13-16-19-22-25-27-29-31-33-34-35-36-37-38-40-41-43-45-48-51-54-57-60-63-66-72(75)78-69-70(68-77-71(74)65-62-59-56-53-50-47-24-21-18-15-12-9-6-3)79-73(76)67-64-61-58-55-52-49-46-44-42-39-32-30-28-26-23-20-17-14-11-8-5-2/h7,10,12,15-16,19,21,24-25,27,30-33,35-36,38,40,43,45,51,54,70H,4-6,8-9,11,13-14,17-18,20,22-23,26,28-29,34,37,39,41-42,44,46-50,52-53,55-69H2,1-3H3/b10-7-,15-12-,19-16-,24-21-,27-25-,32-30-,33-31-,36-35-,40-38-,45-43-,54-51-. The number of allylic oxidation sites excluding steroid dienone is 22. The first-order chi connectivity index (χ1) is 39.0. The molecule has 448 valence electrons. The number of hydrogen-bond donors (Lipinski definition) is 0. The quantitative estimate of drug-likeness (QED) is 0.0261. The van der Waals surface area contributed by atoms with E-state index in [-0.39, 0.29) is 31.1 Å². The highest BCUT2D eigenvalue weighted by atomic mass is 16.6. The Morgan fingerprint density at radius 3 is 0.861 bits per heavy atom. The second kappa shape index (κ2) is 66.1. The molecule has 6 nitrogen and oxygen atoms in total. The lowest BCUT2D eigenvalue weighted by Crippen LogP contribution is -2.30. The number of carbonyl (C=O) groups excluding carboxylic acids is 3. The molecule has 79 heavy (non-hydrogen) atoms. The molecule has 0 saturated carbocycles. The highest BCUT2D eigenvalue weighted by Gasteiger charge is 2.19. The van der Waals surface area contributed by atoms with E-state index in [2.05, 4.69) is 154 Å². The Hall–Kier alpha value is -4.45. The molecule has 0 radical (unpaired) electrons. The molecule has 0 N–H and O–H groups in total. The van der Waals surface area contributed by atoms with Crippen molar-refractivity contribution in [2.75, 3.05) is 13.2 Å². The number of unbranched alkanes of at least 4 members (excludes halogenated alkanes) is 25. The largest absolute Gasteiger partial charge is 0.462 e. The van der Waals surface area contributed by atoms with Crippen molar-refractivity contribution >= 4 is 17.9 Å². The van der Waals surface area contributed by atoms with Gasteiger partial charge in [0.1, 0.15) is 13.2 Å². The predicted molar refractivity (Wildman–Crippen MR) is 343 cm³/mol. The van der Waals surface area contributed by atoms with Crippen LogP contribution in [0.3, 0.4) is 0 Å². The second-order valence-electron chi connectivity index (χ2n) is 21.3. The lowest BCUT2D eigenvalue weighted by atomic mass is 10.1. The van der Waals surface area contributed by atoms with E-state index in [1.54, 1.807) is 0 Å². The molecule has 0 aliphatic carbocycles. The van der Waals surface area contributed by atoms with Crippen molar-refractivity contribution in [3.8, 4) is 0 Å². The lowest BCUT2D eigenvalue weighted by Gasteiger charge is -2.18. The summed E-state index contributed by atoms with van der Waals surface area (Å²) in [5.74, 6) is -0.961. The smallest absolute Gasteiger partial charge is 0.306 e. The van der Waals surface area contributed by atoms with Crippen LogP contribution >= 0.6 is 0 Å². The Labute approximate surface area is 487 Å². The number of ether oxygens (including phenoxy) is 3. The minimum Gasteiger partial charge on any atom is -0.462 e. The molecule has 1 atom stereocenters. The van der Waals surface area contributed by atoms with Crippen LogP contribution in [0.5, 0.6) is 0 Å². The van der Waals surface area contributed by atoms with E-state index in [4.69, 9.17) is 14.2 Å². The molecule has 0 spiro atoms. The maximum Gasteiger partial charge on any atom is 0.306 e. The molecule has 0 heterocycles. The van der Waals surface area contributed by atoms with Gasteiger partial charge in [0.15, 0.2) is 6.10 Å². The van der Waals surface area contributed by atoms with Crippen LogP contribution in [-0.4, -0.2) is 37.2 Å². The van der Waals surface area contributed by atoms with Crippen molar-refractivity contribution in [1.29, 1.82) is 0 Å². The van der Waals surface area contributed by atoms with Crippen LogP contribution in [0.2, 0.25) is 0 Å². The fourth-order valence-electron chi connectivity index (χ4n) is 8.73. The molecule has 0 saturated heterocycles. The monoisotopic (exact) mass is 1090 g/mol. The Morgan fingerprint density at radius 2 is 0.519 bits per heavy atom. The fraction of sp³-hybridized carbons (Fsp3) is 0.658. The molecule has 0 aromatic heterocycles. The van der Waals surface area contributed by atoms with Gasteiger partial charge in [-0.25, -0.2) is 0 Å². The summed E-state index contributed by atoms with van der Waals surface area (Å²) in [5, 5.41) is 0. The summed E-state index contributed by atoms with van der Waals surface area (Å²) < 4.78 is 16.9. The van der Waals surface area contributed by atoms with Crippen molar-refractivity contribution in [3.05, 3.63) is 134 Å². The van der Waals surface area contributed by atoms with Crippen LogP contribution in [0.25, 0.3) is 0 Å². The van der Waals surface area contributed by atoms with Gasteiger partial charge < -0.3 is 14.2 Å².